The van der Waals surface area contributed by atoms with Gasteiger partial charge in [0.25, 0.3) is 5.91 Å². The molecule has 2 heterocycles. The zero-order valence-corrected chi connectivity index (χ0v) is 15.0. The first-order valence-electron chi connectivity index (χ1n) is 7.99. The molecule has 1 N–H and O–H groups in total. The monoisotopic (exact) mass is 355 g/mol. The number of halogens is 1. The van der Waals surface area contributed by atoms with E-state index in [2.05, 4.69) is 12.2 Å². The van der Waals surface area contributed by atoms with Crippen LogP contribution in [0.25, 0.3) is 0 Å². The SMILES string of the molecule is CC1CCCCC12NC(=O)N(CN(C)Cc1ccc(Cl)s1)C2=O. The Balaban J connectivity index is 1.68. The predicted octanol–water partition coefficient (Wildman–Crippen LogP) is 3.29. The van der Waals surface area contributed by atoms with Gasteiger partial charge >= 0.3 is 6.03 Å². The molecule has 1 aliphatic carbocycles. The minimum atomic E-state index is -0.678. The lowest BCUT2D eigenvalue weighted by molar-refractivity contribution is -0.135. The lowest BCUT2D eigenvalue weighted by Crippen LogP contribution is -2.54. The summed E-state index contributed by atoms with van der Waals surface area (Å²) in [6.45, 7) is 3.03. The fourth-order valence-corrected chi connectivity index (χ4v) is 4.79. The Morgan fingerprint density at radius 3 is 2.87 bits per heavy atom. The molecule has 1 aromatic heterocycles. The maximum atomic E-state index is 12.9. The molecule has 2 unspecified atom stereocenters. The number of imide groups is 1. The van der Waals surface area contributed by atoms with Gasteiger partial charge in [0.2, 0.25) is 0 Å². The number of hydrogen-bond donors (Lipinski definition) is 1. The van der Waals surface area contributed by atoms with Crippen LogP contribution in [0.5, 0.6) is 0 Å². The van der Waals surface area contributed by atoms with Crippen LogP contribution in [0, 0.1) is 5.92 Å². The molecule has 2 aliphatic rings. The van der Waals surface area contributed by atoms with Crippen LogP contribution in [-0.2, 0) is 11.3 Å². The van der Waals surface area contributed by atoms with Crippen LogP contribution in [0.1, 0.15) is 37.5 Å². The highest BCUT2D eigenvalue weighted by Crippen LogP contribution is 2.38. The lowest BCUT2D eigenvalue weighted by Gasteiger charge is -2.37. The Labute approximate surface area is 145 Å². The molecule has 126 valence electrons. The molecule has 1 aromatic rings. The van der Waals surface area contributed by atoms with Crippen molar-refractivity contribution in [3.8, 4) is 0 Å². The van der Waals surface area contributed by atoms with Gasteiger partial charge in [-0.05, 0) is 37.9 Å². The lowest BCUT2D eigenvalue weighted by atomic mass is 9.73. The molecule has 1 aliphatic heterocycles. The summed E-state index contributed by atoms with van der Waals surface area (Å²) >= 11 is 7.46. The van der Waals surface area contributed by atoms with Gasteiger partial charge in [-0.25, -0.2) is 9.69 Å². The topological polar surface area (TPSA) is 52.7 Å². The number of carbonyl (C=O) groups excluding carboxylic acids is 2. The van der Waals surface area contributed by atoms with Crippen molar-refractivity contribution in [3.05, 3.63) is 21.3 Å². The van der Waals surface area contributed by atoms with E-state index in [1.807, 2.05) is 24.1 Å². The summed E-state index contributed by atoms with van der Waals surface area (Å²) in [7, 11) is 1.91. The molecule has 0 radical (unpaired) electrons. The molecule has 2 fully saturated rings. The average Bonchev–Trinajstić information content (AvgIpc) is 3.00. The highest BCUT2D eigenvalue weighted by Gasteiger charge is 2.54. The van der Waals surface area contributed by atoms with E-state index in [4.69, 9.17) is 11.6 Å². The first kappa shape index (κ1) is 16.7. The first-order valence-corrected chi connectivity index (χ1v) is 9.19. The second-order valence-corrected chi connectivity index (χ2v) is 8.44. The van der Waals surface area contributed by atoms with Crippen molar-refractivity contribution in [2.45, 2.75) is 44.7 Å². The zero-order chi connectivity index (χ0) is 16.6. The smallest absolute Gasteiger partial charge is 0.323 e. The van der Waals surface area contributed by atoms with Gasteiger partial charge < -0.3 is 5.32 Å². The van der Waals surface area contributed by atoms with E-state index in [1.165, 1.54) is 16.2 Å². The van der Waals surface area contributed by atoms with Crippen molar-refractivity contribution in [2.75, 3.05) is 13.7 Å². The number of hydrogen-bond acceptors (Lipinski definition) is 4. The van der Waals surface area contributed by atoms with Crippen LogP contribution < -0.4 is 5.32 Å². The van der Waals surface area contributed by atoms with Crippen LogP contribution in [-0.4, -0.2) is 41.0 Å². The van der Waals surface area contributed by atoms with Crippen LogP contribution in [0.4, 0.5) is 4.79 Å². The van der Waals surface area contributed by atoms with Crippen molar-refractivity contribution >= 4 is 34.9 Å². The summed E-state index contributed by atoms with van der Waals surface area (Å²) in [5.41, 5.74) is -0.678. The summed E-state index contributed by atoms with van der Waals surface area (Å²) < 4.78 is 0.748. The van der Waals surface area contributed by atoms with E-state index in [0.717, 1.165) is 34.9 Å². The minimum Gasteiger partial charge on any atom is -0.323 e. The first-order chi connectivity index (χ1) is 10.9. The summed E-state index contributed by atoms with van der Waals surface area (Å²) in [6, 6.07) is 3.57. The molecule has 5 nitrogen and oxygen atoms in total. The highest BCUT2D eigenvalue weighted by atomic mass is 35.5. The summed E-state index contributed by atoms with van der Waals surface area (Å²) in [5, 5.41) is 2.98. The normalized spacial score (nSPS) is 28.0. The quantitative estimate of drug-likeness (QED) is 0.843. The minimum absolute atomic E-state index is 0.0641. The van der Waals surface area contributed by atoms with Crippen molar-refractivity contribution < 1.29 is 9.59 Å². The van der Waals surface area contributed by atoms with E-state index in [0.29, 0.717) is 13.2 Å². The van der Waals surface area contributed by atoms with Crippen LogP contribution >= 0.6 is 22.9 Å². The molecule has 1 saturated carbocycles. The standard InChI is InChI=1S/C16H22ClN3O2S/c1-11-5-3-4-8-16(11)14(21)20(15(22)18-16)10-19(2)9-12-6-7-13(17)23-12/h6-7,11H,3-5,8-10H2,1-2H3,(H,18,22). The van der Waals surface area contributed by atoms with E-state index in [-0.39, 0.29) is 17.9 Å². The second-order valence-electron chi connectivity index (χ2n) is 6.64. The highest BCUT2D eigenvalue weighted by molar-refractivity contribution is 7.16. The van der Waals surface area contributed by atoms with Gasteiger partial charge in [0.15, 0.2) is 0 Å². The molecule has 1 spiro atoms. The van der Waals surface area contributed by atoms with Gasteiger partial charge in [-0.15, -0.1) is 11.3 Å². The fourth-order valence-electron chi connectivity index (χ4n) is 3.62. The van der Waals surface area contributed by atoms with Crippen LogP contribution in [0.2, 0.25) is 4.34 Å². The number of carbonyl (C=O) groups is 2. The number of nitrogens with zero attached hydrogens (tertiary/aromatic N) is 2. The largest absolute Gasteiger partial charge is 0.326 e. The van der Waals surface area contributed by atoms with Crippen LogP contribution in [0.15, 0.2) is 12.1 Å². The number of nitrogens with one attached hydrogen (secondary N) is 1. The number of rotatable bonds is 4. The molecular weight excluding hydrogens is 334 g/mol. The Morgan fingerprint density at radius 2 is 2.22 bits per heavy atom. The third kappa shape index (κ3) is 3.12. The van der Waals surface area contributed by atoms with Gasteiger partial charge in [0.1, 0.15) is 5.54 Å². The van der Waals surface area contributed by atoms with Crippen molar-refractivity contribution in [3.63, 3.8) is 0 Å². The number of amides is 3. The second kappa shape index (κ2) is 6.42. The molecule has 3 rings (SSSR count). The third-order valence-electron chi connectivity index (χ3n) is 4.94. The molecule has 3 amide bonds. The Bertz CT molecular complexity index is 620. The summed E-state index contributed by atoms with van der Waals surface area (Å²) in [5.74, 6) is 0.130. The number of thiophene rings is 1. The van der Waals surface area contributed by atoms with Crippen molar-refractivity contribution in [2.24, 2.45) is 5.92 Å². The number of urea groups is 1. The van der Waals surface area contributed by atoms with E-state index in [9.17, 15) is 9.59 Å². The van der Waals surface area contributed by atoms with Gasteiger partial charge in [0, 0.05) is 11.4 Å². The molecule has 7 heteroatoms. The maximum absolute atomic E-state index is 12.9. The predicted molar refractivity (Wildman–Crippen MR) is 91.4 cm³/mol. The van der Waals surface area contributed by atoms with Gasteiger partial charge in [0.05, 0.1) is 11.0 Å². The Morgan fingerprint density at radius 1 is 1.43 bits per heavy atom. The molecule has 23 heavy (non-hydrogen) atoms. The van der Waals surface area contributed by atoms with Gasteiger partial charge in [-0.1, -0.05) is 31.4 Å². The average molecular weight is 356 g/mol. The van der Waals surface area contributed by atoms with Crippen LogP contribution in [0.3, 0.4) is 0 Å². The third-order valence-corrected chi connectivity index (χ3v) is 6.15. The molecular formula is C16H22ClN3O2S. The summed E-state index contributed by atoms with van der Waals surface area (Å²) in [4.78, 5) is 29.7. The van der Waals surface area contributed by atoms with Crippen molar-refractivity contribution in [1.82, 2.24) is 15.1 Å². The molecule has 1 saturated heterocycles. The van der Waals surface area contributed by atoms with E-state index >= 15 is 0 Å². The molecule has 0 bridgehead atoms. The van der Waals surface area contributed by atoms with E-state index in [1.54, 1.807) is 0 Å². The Hall–Kier alpha value is -1.11. The maximum Gasteiger partial charge on any atom is 0.326 e. The van der Waals surface area contributed by atoms with Gasteiger partial charge in [-0.2, -0.15) is 0 Å². The zero-order valence-electron chi connectivity index (χ0n) is 13.5. The fraction of sp³-hybridized carbons (Fsp3) is 0.625. The molecule has 2 atom stereocenters. The molecule has 0 aromatic carbocycles. The van der Waals surface area contributed by atoms with Crippen molar-refractivity contribution in [1.29, 1.82) is 0 Å². The summed E-state index contributed by atoms with van der Waals surface area (Å²) in [6.07, 6.45) is 3.86. The van der Waals surface area contributed by atoms with E-state index < -0.39 is 5.54 Å². The Kier molecular flexibility index (Phi) is 4.67. The van der Waals surface area contributed by atoms with Gasteiger partial charge in [-0.3, -0.25) is 9.69 Å².